The van der Waals surface area contributed by atoms with Crippen LogP contribution >= 0.6 is 0 Å². The molecular weight excluding hydrogens is 230 g/mol. The molecule has 1 heteroatoms. The summed E-state index contributed by atoms with van der Waals surface area (Å²) in [7, 11) is 0. The van der Waals surface area contributed by atoms with E-state index in [1.807, 2.05) is 0 Å². The highest BCUT2D eigenvalue weighted by atomic mass is 14.9. The summed E-state index contributed by atoms with van der Waals surface area (Å²) in [6, 6.07) is 10.9. The van der Waals surface area contributed by atoms with Crippen LogP contribution in [0.1, 0.15) is 52.0 Å². The van der Waals surface area contributed by atoms with Crippen molar-refractivity contribution in [2.45, 2.75) is 51.9 Å². The lowest BCUT2D eigenvalue weighted by Gasteiger charge is -2.30. The van der Waals surface area contributed by atoms with Crippen LogP contribution in [-0.2, 0) is 5.41 Å². The number of rotatable bonds is 5. The van der Waals surface area contributed by atoms with Crippen LogP contribution in [-0.4, -0.2) is 13.1 Å². The van der Waals surface area contributed by atoms with Gasteiger partial charge in [0.2, 0.25) is 0 Å². The predicted molar refractivity (Wildman–Crippen MR) is 83.5 cm³/mol. The molecule has 1 N–H and O–H groups in total. The summed E-state index contributed by atoms with van der Waals surface area (Å²) in [4.78, 5) is 0. The van der Waals surface area contributed by atoms with E-state index in [-0.39, 0.29) is 5.41 Å². The molecule has 1 aliphatic rings. The topological polar surface area (TPSA) is 12.0 Å². The molecule has 106 valence electrons. The Bertz CT molecular complexity index is 361. The minimum atomic E-state index is 0.225. The van der Waals surface area contributed by atoms with E-state index in [1.165, 1.54) is 37.8 Å². The van der Waals surface area contributed by atoms with Gasteiger partial charge < -0.3 is 5.32 Å². The third-order valence-electron chi connectivity index (χ3n) is 4.69. The zero-order valence-electron chi connectivity index (χ0n) is 12.8. The largest absolute Gasteiger partial charge is 0.316 e. The minimum Gasteiger partial charge on any atom is -0.316 e. The molecule has 0 radical (unpaired) electrons. The Morgan fingerprint density at radius 3 is 2.32 bits per heavy atom. The zero-order chi connectivity index (χ0) is 13.7. The normalized spacial score (nSPS) is 24.4. The molecule has 1 saturated carbocycles. The maximum Gasteiger partial charge on any atom is 0.00432 e. The zero-order valence-corrected chi connectivity index (χ0v) is 12.8. The van der Waals surface area contributed by atoms with Crippen molar-refractivity contribution in [1.29, 1.82) is 0 Å². The second-order valence-corrected chi connectivity index (χ2v) is 7.01. The van der Waals surface area contributed by atoms with Gasteiger partial charge >= 0.3 is 0 Å². The van der Waals surface area contributed by atoms with E-state index in [4.69, 9.17) is 0 Å². The fraction of sp³-hybridized carbons (Fsp3) is 0.667. The molecule has 2 rings (SSSR count). The molecule has 1 aliphatic carbocycles. The van der Waals surface area contributed by atoms with Gasteiger partial charge in [-0.2, -0.15) is 0 Å². The van der Waals surface area contributed by atoms with Gasteiger partial charge in [0.15, 0.2) is 0 Å². The van der Waals surface area contributed by atoms with E-state index in [1.54, 1.807) is 0 Å². The summed E-state index contributed by atoms with van der Waals surface area (Å²) in [5.74, 6) is 1.86. The average Bonchev–Trinajstić information content (AvgIpc) is 2.42. The molecule has 0 bridgehead atoms. The Morgan fingerprint density at radius 2 is 1.68 bits per heavy atom. The monoisotopic (exact) mass is 259 g/mol. The van der Waals surface area contributed by atoms with Crippen molar-refractivity contribution >= 4 is 0 Å². The molecule has 0 amide bonds. The van der Waals surface area contributed by atoms with Crippen molar-refractivity contribution in [3.05, 3.63) is 35.9 Å². The maximum atomic E-state index is 3.71. The average molecular weight is 259 g/mol. The van der Waals surface area contributed by atoms with Gasteiger partial charge in [-0.15, -0.1) is 0 Å². The SMILES string of the molecule is CC1CCC(CNCC(C)(C)c2ccccc2)CC1. The highest BCUT2D eigenvalue weighted by Gasteiger charge is 2.22. The van der Waals surface area contributed by atoms with Crippen molar-refractivity contribution in [2.75, 3.05) is 13.1 Å². The van der Waals surface area contributed by atoms with Crippen LogP contribution in [0.4, 0.5) is 0 Å². The maximum absolute atomic E-state index is 3.71. The molecule has 0 spiro atoms. The fourth-order valence-electron chi connectivity index (χ4n) is 3.11. The first-order valence-electron chi connectivity index (χ1n) is 7.84. The van der Waals surface area contributed by atoms with Crippen LogP contribution in [0.25, 0.3) is 0 Å². The van der Waals surface area contributed by atoms with Crippen LogP contribution in [0.15, 0.2) is 30.3 Å². The van der Waals surface area contributed by atoms with Crippen molar-refractivity contribution in [3.63, 3.8) is 0 Å². The Kier molecular flexibility index (Phi) is 5.04. The van der Waals surface area contributed by atoms with Gasteiger partial charge in [0.1, 0.15) is 0 Å². The van der Waals surface area contributed by atoms with E-state index >= 15 is 0 Å². The summed E-state index contributed by atoms with van der Waals surface area (Å²) < 4.78 is 0. The lowest BCUT2D eigenvalue weighted by atomic mass is 9.82. The Hall–Kier alpha value is -0.820. The lowest BCUT2D eigenvalue weighted by molar-refractivity contribution is 0.276. The van der Waals surface area contributed by atoms with Gasteiger partial charge in [-0.05, 0) is 36.8 Å². The predicted octanol–water partition coefficient (Wildman–Crippen LogP) is 4.38. The van der Waals surface area contributed by atoms with Gasteiger partial charge in [0.25, 0.3) is 0 Å². The van der Waals surface area contributed by atoms with Crippen molar-refractivity contribution < 1.29 is 0 Å². The molecule has 1 fully saturated rings. The van der Waals surface area contributed by atoms with E-state index < -0.39 is 0 Å². The van der Waals surface area contributed by atoms with E-state index in [9.17, 15) is 0 Å². The molecule has 0 unspecified atom stereocenters. The Morgan fingerprint density at radius 1 is 1.05 bits per heavy atom. The van der Waals surface area contributed by atoms with Crippen LogP contribution in [0, 0.1) is 11.8 Å². The van der Waals surface area contributed by atoms with Gasteiger partial charge in [0, 0.05) is 12.0 Å². The summed E-state index contributed by atoms with van der Waals surface area (Å²) in [6.07, 6.45) is 5.68. The van der Waals surface area contributed by atoms with Crippen LogP contribution in [0.5, 0.6) is 0 Å². The van der Waals surface area contributed by atoms with E-state index in [0.29, 0.717) is 0 Å². The molecule has 0 saturated heterocycles. The van der Waals surface area contributed by atoms with E-state index in [2.05, 4.69) is 56.4 Å². The second-order valence-electron chi connectivity index (χ2n) is 7.01. The molecule has 0 aliphatic heterocycles. The molecule has 19 heavy (non-hydrogen) atoms. The third-order valence-corrected chi connectivity index (χ3v) is 4.69. The van der Waals surface area contributed by atoms with Gasteiger partial charge in [-0.25, -0.2) is 0 Å². The minimum absolute atomic E-state index is 0.225. The summed E-state index contributed by atoms with van der Waals surface area (Å²) in [5.41, 5.74) is 1.66. The van der Waals surface area contributed by atoms with Gasteiger partial charge in [0.05, 0.1) is 0 Å². The second kappa shape index (κ2) is 6.56. The number of nitrogens with one attached hydrogen (secondary N) is 1. The number of hydrogen-bond acceptors (Lipinski definition) is 1. The van der Waals surface area contributed by atoms with Gasteiger partial charge in [-0.1, -0.05) is 63.9 Å². The molecule has 0 atom stereocenters. The van der Waals surface area contributed by atoms with Crippen molar-refractivity contribution in [3.8, 4) is 0 Å². The molecule has 1 nitrogen and oxygen atoms in total. The highest BCUT2D eigenvalue weighted by molar-refractivity contribution is 5.23. The molecule has 0 heterocycles. The Balaban J connectivity index is 1.76. The first-order valence-corrected chi connectivity index (χ1v) is 7.84. The lowest BCUT2D eigenvalue weighted by Crippen LogP contribution is -2.36. The first kappa shape index (κ1) is 14.6. The van der Waals surface area contributed by atoms with Crippen LogP contribution < -0.4 is 5.32 Å². The van der Waals surface area contributed by atoms with Crippen molar-refractivity contribution in [1.82, 2.24) is 5.32 Å². The summed E-state index contributed by atoms with van der Waals surface area (Å²) >= 11 is 0. The molecule has 1 aromatic carbocycles. The number of hydrogen-bond donors (Lipinski definition) is 1. The van der Waals surface area contributed by atoms with Crippen LogP contribution in [0.3, 0.4) is 0 Å². The van der Waals surface area contributed by atoms with Crippen LogP contribution in [0.2, 0.25) is 0 Å². The highest BCUT2D eigenvalue weighted by Crippen LogP contribution is 2.28. The Labute approximate surface area is 118 Å². The quantitative estimate of drug-likeness (QED) is 0.827. The van der Waals surface area contributed by atoms with E-state index in [0.717, 1.165) is 18.4 Å². The summed E-state index contributed by atoms with van der Waals surface area (Å²) in [6.45, 7) is 9.32. The van der Waals surface area contributed by atoms with Gasteiger partial charge in [-0.3, -0.25) is 0 Å². The standard InChI is InChI=1S/C18H29N/c1-15-9-11-16(12-10-15)13-19-14-18(2,3)17-7-5-4-6-8-17/h4-8,15-16,19H,9-14H2,1-3H3. The fourth-order valence-corrected chi connectivity index (χ4v) is 3.11. The molecular formula is C18H29N. The molecule has 1 aromatic rings. The number of benzene rings is 1. The first-order chi connectivity index (χ1) is 9.08. The molecule has 0 aromatic heterocycles. The van der Waals surface area contributed by atoms with Crippen molar-refractivity contribution in [2.24, 2.45) is 11.8 Å². The third kappa shape index (κ3) is 4.35. The smallest absolute Gasteiger partial charge is 0.00432 e. The summed E-state index contributed by atoms with van der Waals surface area (Å²) in [5, 5.41) is 3.71.